The Morgan fingerprint density at radius 3 is 2.71 bits per heavy atom. The zero-order chi connectivity index (χ0) is 12.3. The first-order chi connectivity index (χ1) is 8.16. The summed E-state index contributed by atoms with van der Waals surface area (Å²) >= 11 is 5.95. The van der Waals surface area contributed by atoms with Crippen molar-refractivity contribution in [3.63, 3.8) is 0 Å². The van der Waals surface area contributed by atoms with Gasteiger partial charge in [-0.3, -0.25) is 4.79 Å². The molecule has 3 N–H and O–H groups in total. The fraction of sp³-hybridized carbons (Fsp3) is 0.417. The van der Waals surface area contributed by atoms with Crippen molar-refractivity contribution in [3.05, 3.63) is 28.8 Å². The van der Waals surface area contributed by atoms with Crippen molar-refractivity contribution in [3.8, 4) is 5.75 Å². The minimum absolute atomic E-state index is 0.215. The molecule has 0 unspecified atom stereocenters. The number of halogens is 1. The molecule has 92 valence electrons. The molecule has 1 fully saturated rings. The predicted molar refractivity (Wildman–Crippen MR) is 66.5 cm³/mol. The highest BCUT2D eigenvalue weighted by molar-refractivity contribution is 6.33. The molecule has 5 heteroatoms. The first kappa shape index (κ1) is 12.2. The summed E-state index contributed by atoms with van der Waals surface area (Å²) < 4.78 is 5.79. The highest BCUT2D eigenvalue weighted by Crippen LogP contribution is 2.24. The van der Waals surface area contributed by atoms with Gasteiger partial charge in [0.15, 0.2) is 0 Å². The Morgan fingerprint density at radius 1 is 1.41 bits per heavy atom. The van der Waals surface area contributed by atoms with Crippen molar-refractivity contribution >= 4 is 17.5 Å². The minimum atomic E-state index is -0.525. The van der Waals surface area contributed by atoms with Gasteiger partial charge in [0.2, 0.25) is 5.91 Å². The van der Waals surface area contributed by atoms with Crippen LogP contribution in [0.5, 0.6) is 5.75 Å². The number of piperidine rings is 1. The average Bonchev–Trinajstić information content (AvgIpc) is 2.30. The van der Waals surface area contributed by atoms with Crippen LogP contribution in [0, 0.1) is 0 Å². The van der Waals surface area contributed by atoms with Crippen LogP contribution in [-0.2, 0) is 0 Å². The third-order valence-electron chi connectivity index (χ3n) is 2.79. The van der Waals surface area contributed by atoms with Crippen LogP contribution in [0.15, 0.2) is 18.2 Å². The lowest BCUT2D eigenvalue weighted by molar-refractivity contribution is 0.100. The molecule has 17 heavy (non-hydrogen) atoms. The Bertz CT molecular complexity index is 417. The van der Waals surface area contributed by atoms with Gasteiger partial charge >= 0.3 is 0 Å². The molecule has 1 amide bonds. The summed E-state index contributed by atoms with van der Waals surface area (Å²) in [6, 6.07) is 4.97. The van der Waals surface area contributed by atoms with Gasteiger partial charge in [-0.1, -0.05) is 11.6 Å². The Labute approximate surface area is 105 Å². The first-order valence-electron chi connectivity index (χ1n) is 5.63. The Kier molecular flexibility index (Phi) is 3.86. The molecule has 1 aromatic rings. The SMILES string of the molecule is NC(=O)c1ccc(OC2CCNCC2)cc1Cl. The number of hydrogen-bond donors (Lipinski definition) is 2. The quantitative estimate of drug-likeness (QED) is 0.861. The van der Waals surface area contributed by atoms with Gasteiger partial charge < -0.3 is 15.8 Å². The molecule has 1 heterocycles. The molecule has 1 aromatic carbocycles. The molecule has 1 aliphatic heterocycles. The molecular weight excluding hydrogens is 240 g/mol. The number of nitrogens with one attached hydrogen (secondary N) is 1. The van der Waals surface area contributed by atoms with E-state index in [2.05, 4.69) is 5.32 Å². The number of primary amides is 1. The zero-order valence-corrected chi connectivity index (χ0v) is 10.2. The third kappa shape index (κ3) is 3.11. The highest BCUT2D eigenvalue weighted by Gasteiger charge is 2.15. The Hall–Kier alpha value is -1.26. The number of hydrogen-bond acceptors (Lipinski definition) is 3. The third-order valence-corrected chi connectivity index (χ3v) is 3.11. The second-order valence-electron chi connectivity index (χ2n) is 4.07. The van der Waals surface area contributed by atoms with Gasteiger partial charge in [-0.25, -0.2) is 0 Å². The van der Waals surface area contributed by atoms with Crippen molar-refractivity contribution in [2.75, 3.05) is 13.1 Å². The van der Waals surface area contributed by atoms with Crippen molar-refractivity contribution in [1.29, 1.82) is 0 Å². The molecule has 0 radical (unpaired) electrons. The average molecular weight is 255 g/mol. The van der Waals surface area contributed by atoms with Crippen LogP contribution >= 0.6 is 11.6 Å². The molecule has 2 rings (SSSR count). The van der Waals surface area contributed by atoms with E-state index in [9.17, 15) is 4.79 Å². The van der Waals surface area contributed by atoms with E-state index in [4.69, 9.17) is 22.1 Å². The summed E-state index contributed by atoms with van der Waals surface area (Å²) in [7, 11) is 0. The van der Waals surface area contributed by atoms with Crippen molar-refractivity contribution in [2.45, 2.75) is 18.9 Å². The molecule has 0 aromatic heterocycles. The molecule has 1 saturated heterocycles. The monoisotopic (exact) mass is 254 g/mol. The van der Waals surface area contributed by atoms with E-state index >= 15 is 0 Å². The Balaban J connectivity index is 2.06. The maximum Gasteiger partial charge on any atom is 0.250 e. The fourth-order valence-corrected chi connectivity index (χ4v) is 2.14. The number of carbonyl (C=O) groups excluding carboxylic acids is 1. The smallest absolute Gasteiger partial charge is 0.250 e. The summed E-state index contributed by atoms with van der Waals surface area (Å²) in [5.41, 5.74) is 5.50. The van der Waals surface area contributed by atoms with Gasteiger partial charge in [0.1, 0.15) is 11.9 Å². The number of benzene rings is 1. The van der Waals surface area contributed by atoms with Crippen LogP contribution in [0.25, 0.3) is 0 Å². The summed E-state index contributed by atoms with van der Waals surface area (Å²) in [5.74, 6) is 0.162. The second-order valence-corrected chi connectivity index (χ2v) is 4.48. The van der Waals surface area contributed by atoms with Gasteiger partial charge in [0.25, 0.3) is 0 Å². The summed E-state index contributed by atoms with van der Waals surface area (Å²) in [5, 5.41) is 3.61. The number of ether oxygens (including phenoxy) is 1. The first-order valence-corrected chi connectivity index (χ1v) is 6.01. The van der Waals surface area contributed by atoms with Gasteiger partial charge in [-0.15, -0.1) is 0 Å². The van der Waals surface area contributed by atoms with E-state index in [-0.39, 0.29) is 6.10 Å². The number of carbonyl (C=O) groups is 1. The summed E-state index contributed by atoms with van der Waals surface area (Å²) in [4.78, 5) is 11.0. The molecular formula is C12H15ClN2O2. The van der Waals surface area contributed by atoms with Crippen LogP contribution in [0.1, 0.15) is 23.2 Å². The van der Waals surface area contributed by atoms with Crippen LogP contribution in [-0.4, -0.2) is 25.1 Å². The largest absolute Gasteiger partial charge is 0.490 e. The van der Waals surface area contributed by atoms with E-state index in [1.54, 1.807) is 18.2 Å². The van der Waals surface area contributed by atoms with Gasteiger partial charge in [-0.2, -0.15) is 0 Å². The van der Waals surface area contributed by atoms with Gasteiger partial charge in [0, 0.05) is 0 Å². The zero-order valence-electron chi connectivity index (χ0n) is 9.41. The molecule has 0 bridgehead atoms. The Morgan fingerprint density at radius 2 is 2.12 bits per heavy atom. The van der Waals surface area contributed by atoms with Gasteiger partial charge in [0.05, 0.1) is 10.6 Å². The molecule has 0 aliphatic carbocycles. The molecule has 4 nitrogen and oxygen atoms in total. The number of nitrogens with two attached hydrogens (primary N) is 1. The topological polar surface area (TPSA) is 64.4 Å². The van der Waals surface area contributed by atoms with Crippen LogP contribution in [0.4, 0.5) is 0 Å². The van der Waals surface area contributed by atoms with E-state index in [0.29, 0.717) is 16.3 Å². The number of rotatable bonds is 3. The van der Waals surface area contributed by atoms with Crippen LogP contribution < -0.4 is 15.8 Å². The fourth-order valence-electron chi connectivity index (χ4n) is 1.87. The molecule has 0 atom stereocenters. The summed E-state index contributed by atoms with van der Waals surface area (Å²) in [6.45, 7) is 1.94. The summed E-state index contributed by atoms with van der Waals surface area (Å²) in [6.07, 6.45) is 2.18. The maximum atomic E-state index is 11.0. The normalized spacial score (nSPS) is 16.8. The van der Waals surface area contributed by atoms with Crippen molar-refractivity contribution in [1.82, 2.24) is 5.32 Å². The van der Waals surface area contributed by atoms with E-state index in [1.165, 1.54) is 0 Å². The van der Waals surface area contributed by atoms with Crippen molar-refractivity contribution in [2.24, 2.45) is 5.73 Å². The minimum Gasteiger partial charge on any atom is -0.490 e. The molecule has 1 aliphatic rings. The van der Waals surface area contributed by atoms with E-state index in [0.717, 1.165) is 25.9 Å². The van der Waals surface area contributed by atoms with Crippen LogP contribution in [0.2, 0.25) is 5.02 Å². The van der Waals surface area contributed by atoms with Gasteiger partial charge in [-0.05, 0) is 44.1 Å². The van der Waals surface area contributed by atoms with Crippen molar-refractivity contribution < 1.29 is 9.53 Å². The lowest BCUT2D eigenvalue weighted by Gasteiger charge is -2.24. The van der Waals surface area contributed by atoms with Crippen LogP contribution in [0.3, 0.4) is 0 Å². The number of amides is 1. The lowest BCUT2D eigenvalue weighted by atomic mass is 10.1. The second kappa shape index (κ2) is 5.38. The lowest BCUT2D eigenvalue weighted by Crippen LogP contribution is -2.34. The van der Waals surface area contributed by atoms with E-state index in [1.807, 2.05) is 0 Å². The standard InChI is InChI=1S/C12H15ClN2O2/c13-11-7-9(1-2-10(11)12(14)16)17-8-3-5-15-6-4-8/h1-2,7-8,15H,3-6H2,(H2,14,16). The maximum absolute atomic E-state index is 11.0. The molecule has 0 saturated carbocycles. The molecule has 0 spiro atoms. The predicted octanol–water partition coefficient (Wildman–Crippen LogP) is 1.57. The highest BCUT2D eigenvalue weighted by atomic mass is 35.5. The van der Waals surface area contributed by atoms with E-state index < -0.39 is 5.91 Å².